The summed E-state index contributed by atoms with van der Waals surface area (Å²) >= 11 is 0. The summed E-state index contributed by atoms with van der Waals surface area (Å²) in [6.07, 6.45) is 11.0. The maximum absolute atomic E-state index is 12.1. The molecular formula is C18H23NO. The standard InChI is InChI=1S/C18H23NO/c20-17(13-15-7-4-5-8-15)19-14-18(11-6-12-18)16-9-2-1-3-10-16/h1-4,7,9-10,15H,5-6,8,11-14H2,(H,19,20). The summed E-state index contributed by atoms with van der Waals surface area (Å²) in [4.78, 5) is 12.1. The van der Waals surface area contributed by atoms with Crippen LogP contribution in [0.4, 0.5) is 0 Å². The molecule has 1 atom stereocenters. The van der Waals surface area contributed by atoms with Crippen LogP contribution >= 0.6 is 0 Å². The third-order valence-corrected chi connectivity index (χ3v) is 4.88. The average Bonchev–Trinajstić information content (AvgIpc) is 2.91. The SMILES string of the molecule is O=C(CC1C=CCC1)NCC1(c2ccccc2)CCC1. The van der Waals surface area contributed by atoms with Gasteiger partial charge in [-0.15, -0.1) is 0 Å². The average molecular weight is 269 g/mol. The summed E-state index contributed by atoms with van der Waals surface area (Å²) < 4.78 is 0. The first-order valence-electron chi connectivity index (χ1n) is 7.77. The molecule has 1 amide bonds. The first kappa shape index (κ1) is 13.4. The minimum atomic E-state index is 0.197. The van der Waals surface area contributed by atoms with Crippen LogP contribution in [0, 0.1) is 5.92 Å². The van der Waals surface area contributed by atoms with Crippen molar-refractivity contribution < 1.29 is 4.79 Å². The number of amides is 1. The monoisotopic (exact) mass is 269 g/mol. The Bertz CT molecular complexity index is 487. The van der Waals surface area contributed by atoms with Crippen molar-refractivity contribution in [2.45, 2.75) is 43.9 Å². The highest BCUT2D eigenvalue weighted by Gasteiger charge is 2.38. The minimum Gasteiger partial charge on any atom is -0.355 e. The van der Waals surface area contributed by atoms with E-state index in [0.29, 0.717) is 12.3 Å². The van der Waals surface area contributed by atoms with E-state index in [4.69, 9.17) is 0 Å². The molecule has 1 aromatic rings. The molecule has 0 heterocycles. The molecule has 0 spiro atoms. The van der Waals surface area contributed by atoms with Gasteiger partial charge < -0.3 is 5.32 Å². The predicted octanol–water partition coefficient (Wildman–Crippen LogP) is 3.58. The quantitative estimate of drug-likeness (QED) is 0.813. The molecule has 2 heteroatoms. The molecule has 1 unspecified atom stereocenters. The smallest absolute Gasteiger partial charge is 0.220 e. The van der Waals surface area contributed by atoms with Crippen LogP contribution in [0.1, 0.15) is 44.1 Å². The molecule has 3 rings (SSSR count). The molecule has 1 aromatic carbocycles. The van der Waals surface area contributed by atoms with Gasteiger partial charge in [0.1, 0.15) is 0 Å². The van der Waals surface area contributed by atoms with Crippen LogP contribution in [-0.2, 0) is 10.2 Å². The zero-order chi connectivity index (χ0) is 13.8. The third-order valence-electron chi connectivity index (χ3n) is 4.88. The van der Waals surface area contributed by atoms with Gasteiger partial charge in [0.25, 0.3) is 0 Å². The van der Waals surface area contributed by atoms with Gasteiger partial charge in [-0.2, -0.15) is 0 Å². The Labute approximate surface area is 121 Å². The fourth-order valence-electron chi connectivity index (χ4n) is 3.41. The van der Waals surface area contributed by atoms with Crippen molar-refractivity contribution in [2.75, 3.05) is 6.54 Å². The lowest BCUT2D eigenvalue weighted by Crippen LogP contribution is -2.45. The van der Waals surface area contributed by atoms with Crippen molar-refractivity contribution in [3.05, 3.63) is 48.0 Å². The molecule has 106 valence electrons. The second-order valence-electron chi connectivity index (χ2n) is 6.25. The molecule has 0 bridgehead atoms. The van der Waals surface area contributed by atoms with Crippen LogP contribution < -0.4 is 5.32 Å². The van der Waals surface area contributed by atoms with E-state index in [1.54, 1.807) is 0 Å². The maximum Gasteiger partial charge on any atom is 0.220 e. The molecule has 0 aliphatic heterocycles. The van der Waals surface area contributed by atoms with Gasteiger partial charge in [-0.25, -0.2) is 0 Å². The molecule has 0 aromatic heterocycles. The molecule has 2 aliphatic carbocycles. The van der Waals surface area contributed by atoms with Gasteiger partial charge in [-0.3, -0.25) is 4.79 Å². The summed E-state index contributed by atoms with van der Waals surface area (Å²) in [5, 5.41) is 3.18. The van der Waals surface area contributed by atoms with Gasteiger partial charge >= 0.3 is 0 Å². The zero-order valence-corrected chi connectivity index (χ0v) is 12.0. The Morgan fingerprint density at radius 2 is 2.05 bits per heavy atom. The molecule has 2 aliphatic rings. The fourth-order valence-corrected chi connectivity index (χ4v) is 3.41. The van der Waals surface area contributed by atoms with Crippen LogP contribution in [0.2, 0.25) is 0 Å². The molecular weight excluding hydrogens is 246 g/mol. The van der Waals surface area contributed by atoms with E-state index in [9.17, 15) is 4.79 Å². The van der Waals surface area contributed by atoms with Crippen molar-refractivity contribution in [1.82, 2.24) is 5.32 Å². The van der Waals surface area contributed by atoms with Gasteiger partial charge in [0, 0.05) is 18.4 Å². The molecule has 1 fully saturated rings. The lowest BCUT2D eigenvalue weighted by molar-refractivity contribution is -0.122. The van der Waals surface area contributed by atoms with Gasteiger partial charge in [0.2, 0.25) is 5.91 Å². The molecule has 2 nitrogen and oxygen atoms in total. The Hall–Kier alpha value is -1.57. The third kappa shape index (κ3) is 2.79. The molecule has 1 saturated carbocycles. The largest absolute Gasteiger partial charge is 0.355 e. The number of nitrogens with one attached hydrogen (secondary N) is 1. The zero-order valence-electron chi connectivity index (χ0n) is 12.0. The fraction of sp³-hybridized carbons (Fsp3) is 0.500. The topological polar surface area (TPSA) is 29.1 Å². The van der Waals surface area contributed by atoms with E-state index in [-0.39, 0.29) is 11.3 Å². The van der Waals surface area contributed by atoms with Crippen molar-refractivity contribution >= 4 is 5.91 Å². The molecule has 0 radical (unpaired) electrons. The summed E-state index contributed by atoms with van der Waals surface area (Å²) in [6.45, 7) is 0.798. The van der Waals surface area contributed by atoms with E-state index in [0.717, 1.165) is 19.4 Å². The van der Waals surface area contributed by atoms with Crippen LogP contribution in [0.15, 0.2) is 42.5 Å². The highest BCUT2D eigenvalue weighted by atomic mass is 16.1. The van der Waals surface area contributed by atoms with Gasteiger partial charge in [0.05, 0.1) is 0 Å². The first-order chi connectivity index (χ1) is 9.78. The summed E-state index contributed by atoms with van der Waals surface area (Å²) in [5.74, 6) is 0.674. The highest BCUT2D eigenvalue weighted by Crippen LogP contribution is 2.43. The number of carbonyl (C=O) groups is 1. The van der Waals surface area contributed by atoms with E-state index in [2.05, 4.69) is 47.8 Å². The van der Waals surface area contributed by atoms with Gasteiger partial charge in [0.15, 0.2) is 0 Å². The maximum atomic E-state index is 12.1. The van der Waals surface area contributed by atoms with Crippen molar-refractivity contribution in [1.29, 1.82) is 0 Å². The summed E-state index contributed by atoms with van der Waals surface area (Å²) in [6, 6.07) is 10.7. The Kier molecular flexibility index (Phi) is 3.90. The number of hydrogen-bond donors (Lipinski definition) is 1. The number of allylic oxidation sites excluding steroid dienone is 2. The van der Waals surface area contributed by atoms with Crippen molar-refractivity contribution in [3.8, 4) is 0 Å². The van der Waals surface area contributed by atoms with E-state index >= 15 is 0 Å². The molecule has 20 heavy (non-hydrogen) atoms. The molecule has 0 saturated heterocycles. The van der Waals surface area contributed by atoms with Crippen molar-refractivity contribution in [2.24, 2.45) is 5.92 Å². The lowest BCUT2D eigenvalue weighted by atomic mass is 9.64. The Morgan fingerprint density at radius 3 is 2.65 bits per heavy atom. The lowest BCUT2D eigenvalue weighted by Gasteiger charge is -2.42. The minimum absolute atomic E-state index is 0.197. The van der Waals surface area contributed by atoms with Crippen molar-refractivity contribution in [3.63, 3.8) is 0 Å². The number of rotatable bonds is 5. The Balaban J connectivity index is 1.56. The second-order valence-corrected chi connectivity index (χ2v) is 6.25. The van der Waals surface area contributed by atoms with Gasteiger partial charge in [-0.1, -0.05) is 48.9 Å². The highest BCUT2D eigenvalue weighted by molar-refractivity contribution is 5.76. The van der Waals surface area contributed by atoms with Crippen LogP contribution in [0.3, 0.4) is 0 Å². The van der Waals surface area contributed by atoms with Crippen LogP contribution in [0.5, 0.6) is 0 Å². The predicted molar refractivity (Wildman–Crippen MR) is 81.5 cm³/mol. The van der Waals surface area contributed by atoms with E-state index in [1.807, 2.05) is 0 Å². The summed E-state index contributed by atoms with van der Waals surface area (Å²) in [7, 11) is 0. The van der Waals surface area contributed by atoms with E-state index < -0.39 is 0 Å². The van der Waals surface area contributed by atoms with Gasteiger partial charge in [-0.05, 0) is 37.2 Å². The van der Waals surface area contributed by atoms with Crippen LogP contribution in [-0.4, -0.2) is 12.5 Å². The second kappa shape index (κ2) is 5.82. The molecule has 1 N–H and O–H groups in total. The van der Waals surface area contributed by atoms with Crippen LogP contribution in [0.25, 0.3) is 0 Å². The number of hydrogen-bond acceptors (Lipinski definition) is 1. The summed E-state index contributed by atoms with van der Waals surface area (Å²) in [5.41, 5.74) is 1.58. The Morgan fingerprint density at radius 1 is 1.25 bits per heavy atom. The van der Waals surface area contributed by atoms with E-state index in [1.165, 1.54) is 24.8 Å². The normalized spacial score (nSPS) is 23.3. The number of benzene rings is 1. The number of carbonyl (C=O) groups excluding carboxylic acids is 1. The first-order valence-corrected chi connectivity index (χ1v) is 7.77.